The minimum Gasteiger partial charge on any atom is -0.488 e. The Morgan fingerprint density at radius 1 is 1.12 bits per heavy atom. The Kier molecular flexibility index (Phi) is 6.32. The van der Waals surface area contributed by atoms with Crippen LogP contribution in [0.4, 0.5) is 5.82 Å². The Morgan fingerprint density at radius 3 is 2.75 bits per heavy atom. The van der Waals surface area contributed by atoms with Crippen molar-refractivity contribution in [3.05, 3.63) is 76.3 Å². The molecule has 2 atom stereocenters. The monoisotopic (exact) mass is 539 g/mol. The molecule has 3 fully saturated rings. The number of hydrogen-bond donors (Lipinski definition) is 1. The highest BCUT2D eigenvalue weighted by Gasteiger charge is 2.65. The third-order valence-corrected chi connectivity index (χ3v) is 9.69. The van der Waals surface area contributed by atoms with Crippen LogP contribution < -0.4 is 9.64 Å². The first-order valence-electron chi connectivity index (χ1n) is 14.5. The van der Waals surface area contributed by atoms with E-state index in [1.165, 1.54) is 22.3 Å². The van der Waals surface area contributed by atoms with Crippen LogP contribution in [0, 0.1) is 25.2 Å². The second-order valence-corrected chi connectivity index (χ2v) is 12.1. The number of fused-ring (bicyclic) bond motifs is 2. The largest absolute Gasteiger partial charge is 0.488 e. The summed E-state index contributed by atoms with van der Waals surface area (Å²) < 4.78 is 11.9. The minimum atomic E-state index is -0.677. The molecule has 4 heterocycles. The van der Waals surface area contributed by atoms with Crippen molar-refractivity contribution >= 4 is 11.8 Å². The molecule has 3 aliphatic heterocycles. The van der Waals surface area contributed by atoms with Gasteiger partial charge in [-0.2, -0.15) is 0 Å². The van der Waals surface area contributed by atoms with Crippen molar-refractivity contribution in [1.29, 1.82) is 0 Å². The van der Waals surface area contributed by atoms with Crippen molar-refractivity contribution in [2.24, 2.45) is 11.3 Å². The first-order valence-corrected chi connectivity index (χ1v) is 14.5. The lowest BCUT2D eigenvalue weighted by Gasteiger charge is -2.36. The lowest BCUT2D eigenvalue weighted by molar-refractivity contribution is -0.143. The number of anilines is 1. The van der Waals surface area contributed by atoms with Gasteiger partial charge in [-0.1, -0.05) is 29.8 Å². The molecule has 3 aromatic rings. The third-order valence-electron chi connectivity index (χ3n) is 9.69. The molecule has 7 heteroatoms. The first-order chi connectivity index (χ1) is 19.4. The highest BCUT2D eigenvalue weighted by atomic mass is 16.5. The fraction of sp³-hybridized carbons (Fsp3) is 0.455. The van der Waals surface area contributed by atoms with Crippen LogP contribution in [0.15, 0.2) is 48.5 Å². The summed E-state index contributed by atoms with van der Waals surface area (Å²) in [5, 5.41) is 9.71. The topological polar surface area (TPSA) is 75.1 Å². The number of carbonyl (C=O) groups is 1. The maximum atomic E-state index is 11.8. The Morgan fingerprint density at radius 2 is 1.98 bits per heavy atom. The van der Waals surface area contributed by atoms with Crippen LogP contribution in [0.3, 0.4) is 0 Å². The van der Waals surface area contributed by atoms with E-state index in [0.29, 0.717) is 19.2 Å². The second kappa shape index (κ2) is 9.89. The van der Waals surface area contributed by atoms with Crippen LogP contribution in [0.1, 0.15) is 34.2 Å². The summed E-state index contributed by atoms with van der Waals surface area (Å²) in [5.74, 6) is 1.20. The Hall–Kier alpha value is -3.42. The van der Waals surface area contributed by atoms with Gasteiger partial charge in [-0.15, -0.1) is 0 Å². The Labute approximate surface area is 235 Å². The number of piperidine rings is 1. The smallest absolute Gasteiger partial charge is 0.311 e. The highest BCUT2D eigenvalue weighted by molar-refractivity contribution is 5.81. The second-order valence-electron chi connectivity index (χ2n) is 12.1. The lowest BCUT2D eigenvalue weighted by Crippen LogP contribution is -2.49. The van der Waals surface area contributed by atoms with Gasteiger partial charge in [0.1, 0.15) is 18.2 Å². The normalized spacial score (nSPS) is 24.1. The summed E-state index contributed by atoms with van der Waals surface area (Å²) >= 11 is 0. The zero-order valence-corrected chi connectivity index (χ0v) is 23.4. The molecular weight excluding hydrogens is 502 g/mol. The maximum Gasteiger partial charge on any atom is 0.311 e. The molecule has 40 heavy (non-hydrogen) atoms. The van der Waals surface area contributed by atoms with Crippen LogP contribution >= 0.6 is 0 Å². The minimum absolute atomic E-state index is 0.229. The van der Waals surface area contributed by atoms with E-state index >= 15 is 0 Å². The van der Waals surface area contributed by atoms with Crippen molar-refractivity contribution in [2.75, 3.05) is 44.3 Å². The van der Waals surface area contributed by atoms with Gasteiger partial charge < -0.3 is 19.5 Å². The molecule has 208 valence electrons. The summed E-state index contributed by atoms with van der Waals surface area (Å²) in [5.41, 5.74) is 7.88. The van der Waals surface area contributed by atoms with Crippen LogP contribution in [0.25, 0.3) is 11.3 Å². The van der Waals surface area contributed by atoms with E-state index in [9.17, 15) is 9.90 Å². The van der Waals surface area contributed by atoms with E-state index < -0.39 is 11.4 Å². The number of aliphatic carboxylic acids is 1. The summed E-state index contributed by atoms with van der Waals surface area (Å²) in [4.78, 5) is 21.5. The van der Waals surface area contributed by atoms with E-state index in [1.807, 2.05) is 24.3 Å². The average molecular weight is 540 g/mol. The molecule has 0 radical (unpaired) electrons. The van der Waals surface area contributed by atoms with Gasteiger partial charge in [-0.25, -0.2) is 4.98 Å². The van der Waals surface area contributed by atoms with E-state index in [-0.39, 0.29) is 5.92 Å². The summed E-state index contributed by atoms with van der Waals surface area (Å²) in [7, 11) is 0. The molecule has 1 N–H and O–H groups in total. The lowest BCUT2D eigenvalue weighted by atomic mass is 9.94. The number of benzene rings is 2. The van der Waals surface area contributed by atoms with Crippen molar-refractivity contribution < 1.29 is 19.4 Å². The Balaban J connectivity index is 1.10. The van der Waals surface area contributed by atoms with Gasteiger partial charge in [-0.05, 0) is 85.5 Å². The molecule has 4 aliphatic rings. The van der Waals surface area contributed by atoms with Crippen LogP contribution in [0.2, 0.25) is 0 Å². The molecule has 0 spiro atoms. The van der Waals surface area contributed by atoms with Gasteiger partial charge in [0.2, 0.25) is 0 Å². The molecule has 2 saturated heterocycles. The number of ether oxygens (including phenoxy) is 2. The molecule has 2 aromatic carbocycles. The third kappa shape index (κ3) is 4.45. The molecule has 7 rings (SSSR count). The van der Waals surface area contributed by atoms with E-state index in [1.54, 1.807) is 0 Å². The maximum absolute atomic E-state index is 11.8. The van der Waals surface area contributed by atoms with E-state index in [4.69, 9.17) is 14.5 Å². The SMILES string of the molecule is Cc1ccc(OCc2ccc3c(c2C)CCN(C2COC2)CC3)c(-c2cccc(N3CC4C[C@]4(C(=O)O)C3)n2)c1. The first kappa shape index (κ1) is 25.5. The van der Waals surface area contributed by atoms with Crippen molar-refractivity contribution in [3.63, 3.8) is 0 Å². The molecule has 0 amide bonds. The molecular formula is C33H37N3O4. The van der Waals surface area contributed by atoms with Crippen molar-refractivity contribution in [3.8, 4) is 17.0 Å². The number of carboxylic acid groups (broad SMARTS) is 1. The number of aryl methyl sites for hydroxylation is 1. The summed E-state index contributed by atoms with van der Waals surface area (Å²) in [6.07, 6.45) is 2.94. The van der Waals surface area contributed by atoms with Crippen LogP contribution in [0.5, 0.6) is 5.75 Å². The van der Waals surface area contributed by atoms with Crippen LogP contribution in [-0.4, -0.2) is 66.4 Å². The average Bonchev–Trinajstić information content (AvgIpc) is 3.57. The zero-order chi connectivity index (χ0) is 27.4. The van der Waals surface area contributed by atoms with Gasteiger partial charge in [0, 0.05) is 31.7 Å². The predicted molar refractivity (Wildman–Crippen MR) is 154 cm³/mol. The van der Waals surface area contributed by atoms with Gasteiger partial charge >= 0.3 is 5.97 Å². The number of hydrogen-bond acceptors (Lipinski definition) is 6. The zero-order valence-electron chi connectivity index (χ0n) is 23.4. The number of pyridine rings is 1. The highest BCUT2D eigenvalue weighted by Crippen LogP contribution is 2.58. The summed E-state index contributed by atoms with van der Waals surface area (Å²) in [6, 6.07) is 17.4. The fourth-order valence-electron chi connectivity index (χ4n) is 6.89. The van der Waals surface area contributed by atoms with E-state index in [0.717, 1.165) is 80.5 Å². The van der Waals surface area contributed by atoms with Gasteiger partial charge in [0.15, 0.2) is 0 Å². The number of aromatic nitrogens is 1. The molecule has 1 unspecified atom stereocenters. The van der Waals surface area contributed by atoms with Gasteiger partial charge in [0.05, 0.1) is 30.4 Å². The van der Waals surface area contributed by atoms with Gasteiger partial charge in [0.25, 0.3) is 0 Å². The number of carboxylic acids is 1. The van der Waals surface area contributed by atoms with E-state index in [2.05, 4.69) is 47.9 Å². The molecule has 0 bridgehead atoms. The molecule has 1 saturated carbocycles. The quantitative estimate of drug-likeness (QED) is 0.468. The Bertz CT molecular complexity index is 1470. The molecule has 7 nitrogen and oxygen atoms in total. The molecule has 1 aliphatic carbocycles. The predicted octanol–water partition coefficient (Wildman–Crippen LogP) is 4.65. The van der Waals surface area contributed by atoms with Gasteiger partial charge in [-0.3, -0.25) is 9.69 Å². The van der Waals surface area contributed by atoms with Crippen molar-refractivity contribution in [1.82, 2.24) is 9.88 Å². The number of nitrogens with zero attached hydrogens (tertiary/aromatic N) is 3. The van der Waals surface area contributed by atoms with Crippen molar-refractivity contribution in [2.45, 2.75) is 45.8 Å². The van der Waals surface area contributed by atoms with Crippen LogP contribution in [-0.2, 0) is 29.0 Å². The summed E-state index contributed by atoms with van der Waals surface area (Å²) in [6.45, 7) is 10.0. The molecule has 1 aromatic heterocycles. The fourth-order valence-corrected chi connectivity index (χ4v) is 6.89. The standard InChI is InChI=1S/C33H37N3O4/c1-21-6-9-30(28(14-21)29-4-3-5-31(34-29)36-16-25-15-33(25,20-36)32(37)38)40-17-24-8-7-23-10-12-35(26-18-39-19-26)13-11-27(23)22(24)2/h3-9,14,25-26H,10-13,15-20H2,1-2H3,(H,37,38)/t25?,33-/m0/s1. The number of rotatable bonds is 7.